The molecular weight excluding hydrogens is 541 g/mol. The Bertz CT molecular complexity index is 1670. The summed E-state index contributed by atoms with van der Waals surface area (Å²) in [6.45, 7) is 6.81. The van der Waals surface area contributed by atoms with Crippen LogP contribution in [0, 0.1) is 25.5 Å². The molecule has 0 atom stereocenters. The first-order chi connectivity index (χ1) is 18.8. The lowest BCUT2D eigenvalue weighted by Crippen LogP contribution is -2.21. The number of hydrogen-bond donors (Lipinski definition) is 2. The van der Waals surface area contributed by atoms with Gasteiger partial charge in [0.2, 0.25) is 0 Å². The molecule has 40 heavy (non-hydrogen) atoms. The maximum absolute atomic E-state index is 15.7. The number of alkyl halides is 1. The van der Waals surface area contributed by atoms with Gasteiger partial charge < -0.3 is 16.0 Å². The molecule has 4 aromatic rings. The Kier molecular flexibility index (Phi) is 6.83. The van der Waals surface area contributed by atoms with Crippen molar-refractivity contribution in [2.45, 2.75) is 39.9 Å². The summed E-state index contributed by atoms with van der Waals surface area (Å²) < 4.78 is 46.8. The Morgan fingerprint density at radius 1 is 1.12 bits per heavy atom. The number of carbonyl (C=O) groups is 1. The Labute approximate surface area is 234 Å². The Morgan fingerprint density at radius 3 is 2.45 bits per heavy atom. The molecule has 0 radical (unpaired) electrons. The van der Waals surface area contributed by atoms with E-state index in [0.29, 0.717) is 28.3 Å². The van der Waals surface area contributed by atoms with Crippen LogP contribution >= 0.6 is 11.6 Å². The van der Waals surface area contributed by atoms with Crippen molar-refractivity contribution in [2.24, 2.45) is 5.73 Å². The highest BCUT2D eigenvalue weighted by Crippen LogP contribution is 2.39. The van der Waals surface area contributed by atoms with Gasteiger partial charge in [0.15, 0.2) is 5.82 Å². The quantitative estimate of drug-likeness (QED) is 0.268. The van der Waals surface area contributed by atoms with Crippen molar-refractivity contribution >= 4 is 35.2 Å². The molecule has 11 heteroatoms. The van der Waals surface area contributed by atoms with Gasteiger partial charge in [-0.05, 0) is 57.0 Å². The predicted octanol–water partition coefficient (Wildman–Crippen LogP) is 7.17. The molecule has 2 aromatic heterocycles. The van der Waals surface area contributed by atoms with Gasteiger partial charge in [0, 0.05) is 35.2 Å². The van der Waals surface area contributed by atoms with E-state index < -0.39 is 23.3 Å². The summed E-state index contributed by atoms with van der Waals surface area (Å²) in [4.78, 5) is 17.4. The number of hydrogen-bond acceptors (Lipinski definition) is 4. The first-order valence-electron chi connectivity index (χ1n) is 12.4. The fraction of sp³-hybridized carbons (Fsp3) is 0.207. The lowest BCUT2D eigenvalue weighted by molar-refractivity contribution is 0.221. The lowest BCUT2D eigenvalue weighted by atomic mass is 10.0. The van der Waals surface area contributed by atoms with Crippen LogP contribution in [0.3, 0.4) is 0 Å². The van der Waals surface area contributed by atoms with Gasteiger partial charge in [-0.3, -0.25) is 0 Å². The van der Waals surface area contributed by atoms with Gasteiger partial charge in [-0.2, -0.15) is 5.10 Å². The van der Waals surface area contributed by atoms with Gasteiger partial charge in [-0.25, -0.2) is 27.6 Å². The highest BCUT2D eigenvalue weighted by molar-refractivity contribution is 6.33. The van der Waals surface area contributed by atoms with Crippen LogP contribution in [0.25, 0.3) is 23.0 Å². The number of nitrogens with zero attached hydrogens (tertiary/aromatic N) is 4. The standard InChI is InChI=1S/C29H26ClF3N6O/c1-15-6-5-7-16(2)25(15)39-26(18-11-22(32)24(12-21(18)31)36-28(34)40)19-14-38(9-8-23(19)37-39)27-20(30)10-17(13-35-27)29(3,4)33/h5-13H,14H2,1-4H3,(H3,34,36,40). The zero-order valence-electron chi connectivity index (χ0n) is 22.2. The Balaban J connectivity index is 1.69. The number of pyridine rings is 1. The van der Waals surface area contributed by atoms with Gasteiger partial charge in [0.1, 0.15) is 17.3 Å². The second kappa shape index (κ2) is 10.0. The van der Waals surface area contributed by atoms with E-state index in [1.165, 1.54) is 26.1 Å². The average molecular weight is 567 g/mol. The van der Waals surface area contributed by atoms with E-state index >= 15 is 8.78 Å². The third-order valence-electron chi connectivity index (χ3n) is 6.76. The summed E-state index contributed by atoms with van der Waals surface area (Å²) in [5.74, 6) is -1.28. The highest BCUT2D eigenvalue weighted by Gasteiger charge is 2.29. The Morgan fingerprint density at radius 2 is 1.82 bits per heavy atom. The molecule has 7 nitrogen and oxygen atoms in total. The molecule has 1 aliphatic rings. The summed E-state index contributed by atoms with van der Waals surface area (Å²) in [6, 6.07) is 8.11. The van der Waals surface area contributed by atoms with E-state index in [9.17, 15) is 9.18 Å². The smallest absolute Gasteiger partial charge is 0.316 e. The normalized spacial score (nSPS) is 12.9. The summed E-state index contributed by atoms with van der Waals surface area (Å²) in [7, 11) is 0. The number of aryl methyl sites for hydroxylation is 2. The summed E-state index contributed by atoms with van der Waals surface area (Å²) in [5.41, 5.74) is 7.30. The molecule has 0 unspecified atom stereocenters. The average Bonchev–Trinajstić information content (AvgIpc) is 3.23. The zero-order valence-corrected chi connectivity index (χ0v) is 22.9. The van der Waals surface area contributed by atoms with Gasteiger partial charge in [-0.1, -0.05) is 29.8 Å². The number of anilines is 2. The number of benzene rings is 2. The number of nitrogens with one attached hydrogen (secondary N) is 1. The molecule has 2 aromatic carbocycles. The molecule has 1 aliphatic heterocycles. The number of primary amides is 1. The zero-order chi connectivity index (χ0) is 28.9. The minimum atomic E-state index is -1.63. The van der Waals surface area contributed by atoms with Crippen LogP contribution in [0.1, 0.15) is 41.8 Å². The van der Waals surface area contributed by atoms with Crippen molar-refractivity contribution in [1.82, 2.24) is 14.8 Å². The molecule has 5 rings (SSSR count). The largest absolute Gasteiger partial charge is 0.351 e. The van der Waals surface area contributed by atoms with Crippen LogP contribution in [-0.2, 0) is 12.2 Å². The molecular formula is C29H26ClF3N6O. The van der Waals surface area contributed by atoms with Gasteiger partial charge >= 0.3 is 6.03 Å². The molecule has 206 valence electrons. The van der Waals surface area contributed by atoms with Crippen molar-refractivity contribution in [2.75, 3.05) is 10.2 Å². The summed E-state index contributed by atoms with van der Waals surface area (Å²) in [6.07, 6.45) is 4.89. The van der Waals surface area contributed by atoms with Gasteiger partial charge in [0.25, 0.3) is 0 Å². The predicted molar refractivity (Wildman–Crippen MR) is 150 cm³/mol. The monoisotopic (exact) mass is 566 g/mol. The van der Waals surface area contributed by atoms with Crippen molar-refractivity contribution in [3.05, 3.63) is 93.4 Å². The van der Waals surface area contributed by atoms with Crippen LogP contribution in [0.15, 0.2) is 48.8 Å². The molecule has 2 amide bonds. The number of fused-ring (bicyclic) bond motifs is 1. The van der Waals surface area contributed by atoms with Crippen LogP contribution in [0.5, 0.6) is 0 Å². The lowest BCUT2D eigenvalue weighted by Gasteiger charge is -2.25. The van der Waals surface area contributed by atoms with Crippen LogP contribution in [0.2, 0.25) is 5.02 Å². The van der Waals surface area contributed by atoms with Crippen molar-refractivity contribution in [3.8, 4) is 16.9 Å². The molecule has 0 bridgehead atoms. The molecule has 3 N–H and O–H groups in total. The fourth-order valence-electron chi connectivity index (χ4n) is 4.79. The second-order valence-corrected chi connectivity index (χ2v) is 10.5. The van der Waals surface area contributed by atoms with Crippen molar-refractivity contribution in [3.63, 3.8) is 0 Å². The maximum atomic E-state index is 15.7. The number of rotatable bonds is 5. The van der Waals surface area contributed by atoms with Crippen LogP contribution in [-0.4, -0.2) is 20.8 Å². The van der Waals surface area contributed by atoms with E-state index in [4.69, 9.17) is 22.4 Å². The maximum Gasteiger partial charge on any atom is 0.316 e. The third-order valence-corrected chi connectivity index (χ3v) is 7.03. The van der Waals surface area contributed by atoms with E-state index in [0.717, 1.165) is 28.9 Å². The first kappa shape index (κ1) is 27.3. The molecule has 0 spiro atoms. The highest BCUT2D eigenvalue weighted by atomic mass is 35.5. The SMILES string of the molecule is Cc1cccc(C)c1-n1nc2c(c1-c1cc(F)c(NC(N)=O)cc1F)CN(c1ncc(C(C)(C)F)cc1Cl)C=C2. The number of para-hydroxylation sites is 1. The van der Waals surface area contributed by atoms with E-state index in [1.807, 2.05) is 32.0 Å². The Hall–Kier alpha value is -4.31. The first-order valence-corrected chi connectivity index (χ1v) is 12.8. The van der Waals surface area contributed by atoms with E-state index in [1.54, 1.807) is 21.9 Å². The molecule has 0 saturated carbocycles. The number of carbonyl (C=O) groups excluding carboxylic acids is 1. The van der Waals surface area contributed by atoms with Crippen molar-refractivity contribution in [1.29, 1.82) is 0 Å². The number of nitrogens with two attached hydrogens (primary N) is 1. The topological polar surface area (TPSA) is 89.1 Å². The molecule has 0 fully saturated rings. The number of halogens is 4. The van der Waals surface area contributed by atoms with E-state index in [2.05, 4.69) is 10.3 Å². The minimum absolute atomic E-state index is 0.0623. The van der Waals surface area contributed by atoms with Crippen molar-refractivity contribution < 1.29 is 18.0 Å². The van der Waals surface area contributed by atoms with E-state index in [-0.39, 0.29) is 22.8 Å². The number of amides is 2. The second-order valence-electron chi connectivity index (χ2n) is 10.1. The molecule has 0 aliphatic carbocycles. The van der Waals surface area contributed by atoms with Gasteiger partial charge in [-0.15, -0.1) is 0 Å². The minimum Gasteiger partial charge on any atom is -0.351 e. The molecule has 0 saturated heterocycles. The summed E-state index contributed by atoms with van der Waals surface area (Å²) in [5, 5.41) is 7.11. The number of urea groups is 1. The third kappa shape index (κ3) is 4.90. The summed E-state index contributed by atoms with van der Waals surface area (Å²) >= 11 is 6.52. The van der Waals surface area contributed by atoms with Crippen LogP contribution in [0.4, 0.5) is 29.5 Å². The molecule has 3 heterocycles. The van der Waals surface area contributed by atoms with Crippen LogP contribution < -0.4 is 16.0 Å². The number of aromatic nitrogens is 3. The van der Waals surface area contributed by atoms with Gasteiger partial charge in [0.05, 0.1) is 34.3 Å². The fourth-order valence-corrected chi connectivity index (χ4v) is 5.06.